The first-order chi connectivity index (χ1) is 10.6. The maximum atomic E-state index is 12.3. The molecule has 0 bridgehead atoms. The van der Waals surface area contributed by atoms with E-state index in [1.54, 1.807) is 6.33 Å². The van der Waals surface area contributed by atoms with E-state index in [4.69, 9.17) is 10.5 Å². The number of nitrogens with zero attached hydrogens (tertiary/aromatic N) is 2. The van der Waals surface area contributed by atoms with Gasteiger partial charge in [-0.1, -0.05) is 6.92 Å². The molecule has 3 N–H and O–H groups in total. The van der Waals surface area contributed by atoms with Crippen LogP contribution < -0.4 is 11.1 Å². The summed E-state index contributed by atoms with van der Waals surface area (Å²) in [6.45, 7) is 6.22. The van der Waals surface area contributed by atoms with Gasteiger partial charge >= 0.3 is 0 Å². The Hall–Kier alpha value is -0.820. The first kappa shape index (κ1) is 23.2. The van der Waals surface area contributed by atoms with E-state index in [1.165, 1.54) is 0 Å². The van der Waals surface area contributed by atoms with Crippen LogP contribution in [0.2, 0.25) is 0 Å². The van der Waals surface area contributed by atoms with Crippen LogP contribution in [0.1, 0.15) is 45.2 Å². The Bertz CT molecular complexity index is 484. The minimum absolute atomic E-state index is 0. The van der Waals surface area contributed by atoms with Crippen LogP contribution in [0, 0.1) is 5.92 Å². The standard InChI is InChI=1S/C16H28N4O2.2ClH/c1-3-7-22-15-8-12(5-6-14(15)17)16(21)18-9-13-10-20(4-2)11-19-13;;/h10-12,14-15H,3-9,17H2,1-2H3,(H,18,21);2*1H/t12-,14+,15+;;/m0../s1. The number of aromatic nitrogens is 2. The lowest BCUT2D eigenvalue weighted by atomic mass is 9.83. The number of hydrogen-bond acceptors (Lipinski definition) is 4. The Morgan fingerprint density at radius 3 is 2.79 bits per heavy atom. The van der Waals surface area contributed by atoms with Gasteiger partial charge < -0.3 is 20.4 Å². The molecule has 1 aromatic rings. The number of nitrogens with one attached hydrogen (secondary N) is 1. The Labute approximate surface area is 156 Å². The topological polar surface area (TPSA) is 82.2 Å². The van der Waals surface area contributed by atoms with E-state index in [2.05, 4.69) is 24.1 Å². The van der Waals surface area contributed by atoms with Crippen molar-refractivity contribution in [1.82, 2.24) is 14.9 Å². The monoisotopic (exact) mass is 380 g/mol. The molecule has 3 atom stereocenters. The normalized spacial score (nSPS) is 23.0. The Kier molecular flexibility index (Phi) is 11.3. The summed E-state index contributed by atoms with van der Waals surface area (Å²) in [7, 11) is 0. The van der Waals surface area contributed by atoms with Crippen molar-refractivity contribution in [2.75, 3.05) is 6.61 Å². The number of amides is 1. The minimum Gasteiger partial charge on any atom is -0.377 e. The molecule has 1 heterocycles. The average Bonchev–Trinajstić information content (AvgIpc) is 3.00. The third-order valence-corrected chi connectivity index (χ3v) is 4.25. The van der Waals surface area contributed by atoms with E-state index in [0.717, 1.165) is 37.9 Å². The highest BCUT2D eigenvalue weighted by atomic mass is 35.5. The van der Waals surface area contributed by atoms with Crippen LogP contribution in [-0.2, 0) is 22.6 Å². The molecule has 2 rings (SSSR count). The zero-order valence-electron chi connectivity index (χ0n) is 14.4. The largest absolute Gasteiger partial charge is 0.377 e. The zero-order valence-corrected chi connectivity index (χ0v) is 16.1. The van der Waals surface area contributed by atoms with Crippen LogP contribution in [-0.4, -0.2) is 34.2 Å². The summed E-state index contributed by atoms with van der Waals surface area (Å²) in [5.74, 6) is 0.0814. The molecule has 0 aromatic carbocycles. The molecule has 140 valence electrons. The number of hydrogen-bond donors (Lipinski definition) is 2. The Balaban J connectivity index is 0.00000264. The molecule has 1 amide bonds. The maximum absolute atomic E-state index is 12.3. The molecule has 0 aliphatic heterocycles. The van der Waals surface area contributed by atoms with Gasteiger partial charge in [0.2, 0.25) is 5.91 Å². The van der Waals surface area contributed by atoms with E-state index < -0.39 is 0 Å². The van der Waals surface area contributed by atoms with Crippen molar-refractivity contribution in [3.05, 3.63) is 18.2 Å². The SMILES string of the molecule is CCCO[C@@H]1C[C@@H](C(=O)NCc2cn(CC)cn2)CC[C@H]1N.Cl.Cl. The molecule has 24 heavy (non-hydrogen) atoms. The van der Waals surface area contributed by atoms with E-state index in [0.29, 0.717) is 13.2 Å². The van der Waals surface area contributed by atoms with Gasteiger partial charge in [-0.2, -0.15) is 0 Å². The first-order valence-electron chi connectivity index (χ1n) is 8.29. The molecular weight excluding hydrogens is 351 g/mol. The molecule has 1 aliphatic rings. The number of carbonyl (C=O) groups is 1. The predicted octanol–water partition coefficient (Wildman–Crippen LogP) is 2.29. The molecule has 0 spiro atoms. The summed E-state index contributed by atoms with van der Waals surface area (Å²) in [6.07, 6.45) is 7.12. The quantitative estimate of drug-likeness (QED) is 0.759. The zero-order chi connectivity index (χ0) is 15.9. The lowest BCUT2D eigenvalue weighted by molar-refractivity contribution is -0.128. The Morgan fingerprint density at radius 1 is 1.42 bits per heavy atom. The second-order valence-corrected chi connectivity index (χ2v) is 6.00. The lowest BCUT2D eigenvalue weighted by Crippen LogP contribution is -2.45. The third-order valence-electron chi connectivity index (χ3n) is 4.25. The van der Waals surface area contributed by atoms with Crippen molar-refractivity contribution in [3.63, 3.8) is 0 Å². The van der Waals surface area contributed by atoms with Crippen molar-refractivity contribution in [2.45, 2.75) is 64.8 Å². The Morgan fingerprint density at radius 2 is 2.17 bits per heavy atom. The molecule has 1 aromatic heterocycles. The van der Waals surface area contributed by atoms with Crippen molar-refractivity contribution in [2.24, 2.45) is 11.7 Å². The number of carbonyl (C=O) groups excluding carboxylic acids is 1. The van der Waals surface area contributed by atoms with Gasteiger partial charge in [-0.3, -0.25) is 4.79 Å². The summed E-state index contributed by atoms with van der Waals surface area (Å²) in [4.78, 5) is 16.6. The van der Waals surface area contributed by atoms with Gasteiger partial charge in [0, 0.05) is 31.3 Å². The minimum atomic E-state index is -0.00471. The van der Waals surface area contributed by atoms with Crippen molar-refractivity contribution < 1.29 is 9.53 Å². The molecule has 0 saturated heterocycles. The van der Waals surface area contributed by atoms with Crippen LogP contribution in [0.4, 0.5) is 0 Å². The third kappa shape index (κ3) is 6.59. The number of ether oxygens (including phenoxy) is 1. The van der Waals surface area contributed by atoms with Gasteiger partial charge in [0.1, 0.15) is 0 Å². The molecule has 1 saturated carbocycles. The maximum Gasteiger partial charge on any atom is 0.223 e. The van der Waals surface area contributed by atoms with E-state index in [-0.39, 0.29) is 48.8 Å². The van der Waals surface area contributed by atoms with Gasteiger partial charge in [-0.05, 0) is 32.6 Å². The number of imidazole rings is 1. The van der Waals surface area contributed by atoms with Crippen LogP contribution in [0.25, 0.3) is 0 Å². The fourth-order valence-corrected chi connectivity index (χ4v) is 2.84. The first-order valence-corrected chi connectivity index (χ1v) is 8.29. The fraction of sp³-hybridized carbons (Fsp3) is 0.750. The highest BCUT2D eigenvalue weighted by Gasteiger charge is 2.32. The molecule has 1 fully saturated rings. The highest BCUT2D eigenvalue weighted by molar-refractivity contribution is 5.85. The second kappa shape index (κ2) is 11.7. The van der Waals surface area contributed by atoms with Gasteiger partial charge in [0.05, 0.1) is 24.7 Å². The van der Waals surface area contributed by atoms with E-state index in [9.17, 15) is 4.79 Å². The molecule has 6 nitrogen and oxygen atoms in total. The molecule has 1 aliphatic carbocycles. The van der Waals surface area contributed by atoms with E-state index in [1.807, 2.05) is 10.8 Å². The van der Waals surface area contributed by atoms with Gasteiger partial charge in [0.25, 0.3) is 0 Å². The molecule has 8 heteroatoms. The van der Waals surface area contributed by atoms with Crippen LogP contribution in [0.3, 0.4) is 0 Å². The number of halogens is 2. The summed E-state index contributed by atoms with van der Waals surface area (Å²) < 4.78 is 7.78. The average molecular weight is 381 g/mol. The molecular formula is C16H30Cl2N4O2. The van der Waals surface area contributed by atoms with Crippen LogP contribution in [0.15, 0.2) is 12.5 Å². The second-order valence-electron chi connectivity index (χ2n) is 6.00. The summed E-state index contributed by atoms with van der Waals surface area (Å²) >= 11 is 0. The van der Waals surface area contributed by atoms with Crippen LogP contribution in [0.5, 0.6) is 0 Å². The predicted molar refractivity (Wildman–Crippen MR) is 99.6 cm³/mol. The van der Waals surface area contributed by atoms with Gasteiger partial charge in [0.15, 0.2) is 0 Å². The summed E-state index contributed by atoms with van der Waals surface area (Å²) in [6, 6.07) is 0.0517. The van der Waals surface area contributed by atoms with Gasteiger partial charge in [-0.25, -0.2) is 4.98 Å². The smallest absolute Gasteiger partial charge is 0.223 e. The van der Waals surface area contributed by atoms with Crippen molar-refractivity contribution in [1.29, 1.82) is 0 Å². The summed E-state index contributed by atoms with van der Waals surface area (Å²) in [5.41, 5.74) is 6.99. The van der Waals surface area contributed by atoms with Crippen molar-refractivity contribution >= 4 is 30.7 Å². The molecule has 0 unspecified atom stereocenters. The summed E-state index contributed by atoms with van der Waals surface area (Å²) in [5, 5.41) is 2.99. The number of rotatable bonds is 7. The van der Waals surface area contributed by atoms with Crippen LogP contribution >= 0.6 is 24.8 Å². The lowest BCUT2D eigenvalue weighted by Gasteiger charge is -2.33. The van der Waals surface area contributed by atoms with Gasteiger partial charge in [-0.15, -0.1) is 24.8 Å². The van der Waals surface area contributed by atoms with E-state index >= 15 is 0 Å². The molecule has 0 radical (unpaired) electrons. The fourth-order valence-electron chi connectivity index (χ4n) is 2.84. The number of nitrogens with two attached hydrogens (primary N) is 1. The highest BCUT2D eigenvalue weighted by Crippen LogP contribution is 2.26. The van der Waals surface area contributed by atoms with Crippen molar-refractivity contribution in [3.8, 4) is 0 Å². The number of aryl methyl sites for hydroxylation is 1.